The van der Waals surface area contributed by atoms with Gasteiger partial charge in [-0.25, -0.2) is 0 Å². The molecule has 0 spiro atoms. The van der Waals surface area contributed by atoms with E-state index in [2.05, 4.69) is 36.2 Å². The summed E-state index contributed by atoms with van der Waals surface area (Å²) in [6, 6.07) is 0. The van der Waals surface area contributed by atoms with Gasteiger partial charge in [0.2, 0.25) is 0 Å². The average molecular weight is 249 g/mol. The van der Waals surface area contributed by atoms with Crippen LogP contribution < -0.4 is 0 Å². The number of halogens is 1. The summed E-state index contributed by atoms with van der Waals surface area (Å²) in [5.74, 6) is 0.312. The van der Waals surface area contributed by atoms with Gasteiger partial charge in [-0.1, -0.05) is 5.92 Å². The molecule has 0 unspecified atom stereocenters. The third-order valence-corrected chi connectivity index (χ3v) is 1.62. The summed E-state index contributed by atoms with van der Waals surface area (Å²) in [5.41, 5.74) is 0. The molecule has 0 aromatic rings. The van der Waals surface area contributed by atoms with E-state index < -0.39 is 17.9 Å². The number of rotatable bonds is 3. The fourth-order valence-electron chi connectivity index (χ4n) is 0.688. The highest BCUT2D eigenvalue weighted by molar-refractivity contribution is 9.12. The van der Waals surface area contributed by atoms with Gasteiger partial charge in [0, 0.05) is 22.4 Å². The third kappa shape index (κ3) is 3.95. The molecular formula is C8H9BrO4. The number of carbonyl (C=O) groups is 2. The first-order chi connectivity index (χ1) is 6.17. The summed E-state index contributed by atoms with van der Waals surface area (Å²) in [4.78, 5) is 24.4. The van der Waals surface area contributed by atoms with E-state index in [1.165, 1.54) is 14.2 Å². The van der Waals surface area contributed by atoms with Gasteiger partial charge in [-0.2, -0.15) is 0 Å². The molecule has 0 aliphatic carbocycles. The Balaban J connectivity index is 4.41. The summed E-state index contributed by atoms with van der Waals surface area (Å²) < 4.78 is 8.82. The molecule has 0 radical (unpaired) electrons. The minimum absolute atomic E-state index is 0.0879. The van der Waals surface area contributed by atoms with Crippen LogP contribution in [0.3, 0.4) is 0 Å². The van der Waals surface area contributed by atoms with E-state index in [1.54, 1.807) is 0 Å². The molecule has 0 fully saturated rings. The first-order valence-corrected chi connectivity index (χ1v) is 4.20. The van der Waals surface area contributed by atoms with Gasteiger partial charge in [-0.05, 0) is 4.83 Å². The zero-order valence-corrected chi connectivity index (χ0v) is 8.88. The molecule has 0 aromatic carbocycles. The maximum atomic E-state index is 11.0. The Kier molecular flexibility index (Phi) is 5.98. The summed E-state index contributed by atoms with van der Waals surface area (Å²) in [6.07, 6.45) is 0.0879. The molecule has 5 heteroatoms. The molecular weight excluding hydrogens is 240 g/mol. The lowest BCUT2D eigenvalue weighted by Gasteiger charge is -2.08. The lowest BCUT2D eigenvalue weighted by molar-refractivity contribution is -0.158. The highest BCUT2D eigenvalue weighted by atomic mass is 79.9. The number of esters is 2. The van der Waals surface area contributed by atoms with Crippen LogP contribution in [0.25, 0.3) is 0 Å². The second-order valence-electron chi connectivity index (χ2n) is 2.07. The van der Waals surface area contributed by atoms with Gasteiger partial charge in [0.15, 0.2) is 5.92 Å². The zero-order valence-electron chi connectivity index (χ0n) is 7.30. The number of methoxy groups -OCH3 is 2. The van der Waals surface area contributed by atoms with E-state index in [4.69, 9.17) is 0 Å². The zero-order chi connectivity index (χ0) is 10.3. The van der Waals surface area contributed by atoms with Crippen LogP contribution in [0.2, 0.25) is 0 Å². The van der Waals surface area contributed by atoms with Crippen molar-refractivity contribution in [2.24, 2.45) is 5.92 Å². The van der Waals surface area contributed by atoms with Crippen molar-refractivity contribution in [3.63, 3.8) is 0 Å². The molecule has 0 amide bonds. The van der Waals surface area contributed by atoms with Gasteiger partial charge >= 0.3 is 11.9 Å². The Morgan fingerprint density at radius 3 is 2.08 bits per heavy atom. The van der Waals surface area contributed by atoms with Gasteiger partial charge in [-0.3, -0.25) is 9.59 Å². The summed E-state index contributed by atoms with van der Waals surface area (Å²) in [5, 5.41) is 0. The number of hydrogen-bond acceptors (Lipinski definition) is 4. The predicted octanol–water partition coefficient (Wildman–Crippen LogP) is 0.695. The molecule has 0 rings (SSSR count). The lowest BCUT2D eigenvalue weighted by Crippen LogP contribution is -2.26. The van der Waals surface area contributed by atoms with Crippen molar-refractivity contribution < 1.29 is 19.1 Å². The van der Waals surface area contributed by atoms with Crippen LogP contribution in [0.5, 0.6) is 0 Å². The average Bonchev–Trinajstić information content (AvgIpc) is 2.17. The molecule has 0 N–H and O–H groups in total. The van der Waals surface area contributed by atoms with Crippen LogP contribution in [0, 0.1) is 16.7 Å². The second kappa shape index (κ2) is 6.49. The highest BCUT2D eigenvalue weighted by Gasteiger charge is 2.27. The third-order valence-electron chi connectivity index (χ3n) is 1.34. The van der Waals surface area contributed by atoms with Crippen molar-refractivity contribution in [2.75, 3.05) is 14.2 Å². The van der Waals surface area contributed by atoms with E-state index in [1.807, 2.05) is 0 Å². The van der Waals surface area contributed by atoms with Crippen LogP contribution >= 0.6 is 15.9 Å². The quantitative estimate of drug-likeness (QED) is 0.419. The van der Waals surface area contributed by atoms with Crippen LogP contribution in [0.1, 0.15) is 6.42 Å². The Labute approximate surface area is 84.7 Å². The molecule has 0 saturated carbocycles. The molecule has 0 heterocycles. The lowest BCUT2D eigenvalue weighted by atomic mass is 10.1. The van der Waals surface area contributed by atoms with Gasteiger partial charge in [0.05, 0.1) is 14.2 Å². The van der Waals surface area contributed by atoms with Crippen molar-refractivity contribution in [3.05, 3.63) is 0 Å². The molecule has 0 aliphatic heterocycles. The largest absolute Gasteiger partial charge is 0.468 e. The fraction of sp³-hybridized carbons (Fsp3) is 0.500. The van der Waals surface area contributed by atoms with Crippen LogP contribution in [0.4, 0.5) is 0 Å². The van der Waals surface area contributed by atoms with Crippen LogP contribution in [-0.4, -0.2) is 26.2 Å². The Hall–Kier alpha value is -1.02. The SMILES string of the molecule is COC(=O)C(CC#CBr)C(=O)OC. The van der Waals surface area contributed by atoms with E-state index >= 15 is 0 Å². The smallest absolute Gasteiger partial charge is 0.321 e. The van der Waals surface area contributed by atoms with Crippen LogP contribution in [0.15, 0.2) is 0 Å². The van der Waals surface area contributed by atoms with Gasteiger partial charge in [0.1, 0.15) is 0 Å². The van der Waals surface area contributed by atoms with Crippen LogP contribution in [-0.2, 0) is 19.1 Å². The number of hydrogen-bond donors (Lipinski definition) is 0. The monoisotopic (exact) mass is 248 g/mol. The van der Waals surface area contributed by atoms with Crippen molar-refractivity contribution in [3.8, 4) is 10.8 Å². The number of carbonyl (C=O) groups excluding carboxylic acids is 2. The maximum absolute atomic E-state index is 11.0. The Morgan fingerprint density at radius 2 is 1.77 bits per heavy atom. The Bertz CT molecular complexity index is 235. The van der Waals surface area contributed by atoms with Crippen molar-refractivity contribution in [2.45, 2.75) is 6.42 Å². The molecule has 0 atom stereocenters. The van der Waals surface area contributed by atoms with Gasteiger partial charge in [-0.15, -0.1) is 0 Å². The molecule has 72 valence electrons. The fourth-order valence-corrected chi connectivity index (χ4v) is 0.850. The normalized spacial score (nSPS) is 8.62. The standard InChI is InChI=1S/C8H9BrO4/c1-12-7(10)6(4-3-5-9)8(11)13-2/h6H,4H2,1-2H3. The Morgan fingerprint density at radius 1 is 1.31 bits per heavy atom. The van der Waals surface area contributed by atoms with Crippen molar-refractivity contribution in [1.82, 2.24) is 0 Å². The first-order valence-electron chi connectivity index (χ1n) is 3.41. The summed E-state index contributed by atoms with van der Waals surface area (Å²) in [6.45, 7) is 0. The molecule has 4 nitrogen and oxygen atoms in total. The predicted molar refractivity (Wildman–Crippen MR) is 48.8 cm³/mol. The topological polar surface area (TPSA) is 52.6 Å². The van der Waals surface area contributed by atoms with E-state index in [0.717, 1.165) is 0 Å². The molecule has 0 bridgehead atoms. The van der Waals surface area contributed by atoms with Crippen molar-refractivity contribution >= 4 is 27.9 Å². The molecule has 0 saturated heterocycles. The van der Waals surface area contributed by atoms with E-state index in [9.17, 15) is 9.59 Å². The highest BCUT2D eigenvalue weighted by Crippen LogP contribution is 2.06. The summed E-state index contributed by atoms with van der Waals surface area (Å²) in [7, 11) is 2.42. The van der Waals surface area contributed by atoms with Gasteiger partial charge < -0.3 is 9.47 Å². The molecule has 0 aliphatic rings. The van der Waals surface area contributed by atoms with E-state index in [0.29, 0.717) is 0 Å². The van der Waals surface area contributed by atoms with Gasteiger partial charge in [0.25, 0.3) is 0 Å². The van der Waals surface area contributed by atoms with Crippen molar-refractivity contribution in [1.29, 1.82) is 0 Å². The maximum Gasteiger partial charge on any atom is 0.321 e. The number of ether oxygens (including phenoxy) is 2. The minimum Gasteiger partial charge on any atom is -0.468 e. The summed E-state index contributed by atoms with van der Waals surface area (Å²) >= 11 is 2.85. The minimum atomic E-state index is -0.958. The molecule has 13 heavy (non-hydrogen) atoms. The molecule has 0 aromatic heterocycles. The first kappa shape index (κ1) is 12.0. The second-order valence-corrected chi connectivity index (χ2v) is 2.47. The van der Waals surface area contributed by atoms with E-state index in [-0.39, 0.29) is 6.42 Å².